The van der Waals surface area contributed by atoms with Gasteiger partial charge in [-0.2, -0.15) is 0 Å². The molecule has 0 aliphatic carbocycles. The van der Waals surface area contributed by atoms with E-state index in [0.717, 1.165) is 5.03 Å². The van der Waals surface area contributed by atoms with Gasteiger partial charge in [0.15, 0.2) is 0 Å². The third-order valence-corrected chi connectivity index (χ3v) is 1.61. The minimum absolute atomic E-state index is 0.910. The van der Waals surface area contributed by atoms with E-state index in [1.807, 2.05) is 17.6 Å². The molecule has 0 spiro atoms. The van der Waals surface area contributed by atoms with Crippen molar-refractivity contribution < 1.29 is 0 Å². The fraction of sp³-hybridized carbons (Fsp3) is 0. The van der Waals surface area contributed by atoms with Crippen molar-refractivity contribution in [1.82, 2.24) is 4.72 Å². The van der Waals surface area contributed by atoms with Gasteiger partial charge < -0.3 is 4.72 Å². The average Bonchev–Trinajstić information content (AvgIpc) is 1.69. The number of thiol groups is 1. The lowest BCUT2D eigenvalue weighted by Gasteiger charge is -2.01. The quantitative estimate of drug-likeness (QED) is 0.382. The van der Waals surface area contributed by atoms with Crippen molar-refractivity contribution in [2.75, 3.05) is 0 Å². The number of hydrogen-bond acceptors (Lipinski definition) is 3. The largest absolute Gasteiger partial charge is 0.321 e. The predicted molar refractivity (Wildman–Crippen MR) is 36.9 cm³/mol. The molecule has 0 amide bonds. The maximum Gasteiger partial charge on any atom is 0.0752 e. The second-order valence-corrected chi connectivity index (χ2v) is 2.29. The van der Waals surface area contributed by atoms with E-state index in [1.54, 1.807) is 0 Å². The molecule has 1 heterocycles. The highest BCUT2D eigenvalue weighted by Gasteiger charge is 1.87. The van der Waals surface area contributed by atoms with Gasteiger partial charge in [-0.3, -0.25) is 0 Å². The predicted octanol–water partition coefficient (Wildman–Crippen LogP) is 1.52. The zero-order chi connectivity index (χ0) is 5.11. The molecule has 0 unspecified atom stereocenters. The Labute approximate surface area is 52.4 Å². The van der Waals surface area contributed by atoms with E-state index in [2.05, 4.69) is 17.4 Å². The molecule has 0 saturated heterocycles. The van der Waals surface area contributed by atoms with Gasteiger partial charge in [0, 0.05) is 0 Å². The first-order valence-corrected chi connectivity index (χ1v) is 3.20. The van der Waals surface area contributed by atoms with Crippen LogP contribution in [0.1, 0.15) is 0 Å². The molecule has 7 heavy (non-hydrogen) atoms. The molecule has 1 aliphatic heterocycles. The van der Waals surface area contributed by atoms with Crippen molar-refractivity contribution in [1.29, 1.82) is 0 Å². The Morgan fingerprint density at radius 3 is 2.86 bits per heavy atom. The molecule has 0 aromatic heterocycles. The summed E-state index contributed by atoms with van der Waals surface area (Å²) >= 11 is 5.57. The highest BCUT2D eigenvalue weighted by molar-refractivity contribution is 8.01. The van der Waals surface area contributed by atoms with Crippen molar-refractivity contribution in [3.63, 3.8) is 0 Å². The number of allylic oxidation sites excluding steroid dienone is 2. The molecule has 1 rings (SSSR count). The average molecular weight is 131 g/mol. The Morgan fingerprint density at radius 1 is 1.71 bits per heavy atom. The van der Waals surface area contributed by atoms with Gasteiger partial charge in [-0.15, -0.1) is 12.6 Å². The molecule has 0 radical (unpaired) electrons. The van der Waals surface area contributed by atoms with Crippen LogP contribution < -0.4 is 4.72 Å². The lowest BCUT2D eigenvalue weighted by Crippen LogP contribution is -1.96. The van der Waals surface area contributed by atoms with Gasteiger partial charge in [0.2, 0.25) is 0 Å². The Hall–Kier alpha value is -0.0200. The van der Waals surface area contributed by atoms with E-state index < -0.39 is 0 Å². The molecule has 0 bridgehead atoms. The van der Waals surface area contributed by atoms with E-state index in [1.165, 1.54) is 11.9 Å². The minimum atomic E-state index is 0.910. The first-order chi connectivity index (χ1) is 3.39. The molecule has 0 aromatic carbocycles. The van der Waals surface area contributed by atoms with Crippen molar-refractivity contribution in [3.8, 4) is 0 Å². The molecule has 1 N–H and O–H groups in total. The number of hydrogen-bond donors (Lipinski definition) is 2. The SMILES string of the molecule is SC1=CC=CSN1. The summed E-state index contributed by atoms with van der Waals surface area (Å²) in [5.41, 5.74) is 0. The standard InChI is InChI=1S/C4H5NS2/c6-4-2-1-3-7-5-4/h1-3,5-6H. The third kappa shape index (κ3) is 1.49. The van der Waals surface area contributed by atoms with Crippen molar-refractivity contribution in [2.24, 2.45) is 0 Å². The monoisotopic (exact) mass is 131 g/mol. The second kappa shape index (κ2) is 2.33. The third-order valence-electron chi connectivity index (χ3n) is 0.564. The van der Waals surface area contributed by atoms with Crippen LogP contribution in [-0.4, -0.2) is 0 Å². The van der Waals surface area contributed by atoms with Crippen LogP contribution in [-0.2, 0) is 0 Å². The molecule has 0 fully saturated rings. The van der Waals surface area contributed by atoms with E-state index in [0.29, 0.717) is 0 Å². The van der Waals surface area contributed by atoms with Crippen molar-refractivity contribution in [3.05, 3.63) is 22.6 Å². The Balaban J connectivity index is 2.57. The molecule has 0 atom stereocenters. The summed E-state index contributed by atoms with van der Waals surface area (Å²) in [5, 5.41) is 2.87. The highest BCUT2D eigenvalue weighted by atomic mass is 32.2. The summed E-state index contributed by atoms with van der Waals surface area (Å²) in [6, 6.07) is 0. The van der Waals surface area contributed by atoms with Crippen LogP contribution in [0.4, 0.5) is 0 Å². The molecule has 38 valence electrons. The van der Waals surface area contributed by atoms with E-state index in [9.17, 15) is 0 Å². The van der Waals surface area contributed by atoms with Gasteiger partial charge in [0.25, 0.3) is 0 Å². The number of nitrogens with one attached hydrogen (secondary N) is 1. The molecular formula is C4H5NS2. The maximum absolute atomic E-state index is 4.04. The van der Waals surface area contributed by atoms with E-state index in [4.69, 9.17) is 0 Å². The summed E-state index contributed by atoms with van der Waals surface area (Å²) in [7, 11) is 0. The number of rotatable bonds is 0. The molecule has 0 aromatic rings. The molecule has 0 saturated carbocycles. The van der Waals surface area contributed by atoms with Gasteiger partial charge in [-0.25, -0.2) is 0 Å². The summed E-state index contributed by atoms with van der Waals surface area (Å²) in [6.45, 7) is 0. The summed E-state index contributed by atoms with van der Waals surface area (Å²) < 4.78 is 2.94. The summed E-state index contributed by atoms with van der Waals surface area (Å²) in [5.74, 6) is 0. The van der Waals surface area contributed by atoms with Gasteiger partial charge in [-0.05, 0) is 23.4 Å². The van der Waals surface area contributed by atoms with Crippen LogP contribution in [0, 0.1) is 0 Å². The molecule has 1 nitrogen and oxygen atoms in total. The molecular weight excluding hydrogens is 126 g/mol. The first kappa shape index (κ1) is 5.12. The Kier molecular flexibility index (Phi) is 1.70. The molecule has 1 aliphatic rings. The normalized spacial score (nSPS) is 18.1. The van der Waals surface area contributed by atoms with Gasteiger partial charge >= 0.3 is 0 Å². The van der Waals surface area contributed by atoms with E-state index >= 15 is 0 Å². The first-order valence-electron chi connectivity index (χ1n) is 1.87. The highest BCUT2D eigenvalue weighted by Crippen LogP contribution is 2.09. The molecule has 3 heteroatoms. The van der Waals surface area contributed by atoms with Gasteiger partial charge in [0.1, 0.15) is 0 Å². The maximum atomic E-state index is 4.04. The van der Waals surface area contributed by atoms with Gasteiger partial charge in [0.05, 0.1) is 5.03 Å². The zero-order valence-electron chi connectivity index (χ0n) is 3.59. The van der Waals surface area contributed by atoms with Gasteiger partial charge in [-0.1, -0.05) is 6.08 Å². The fourth-order valence-corrected chi connectivity index (χ4v) is 0.956. The van der Waals surface area contributed by atoms with Crippen LogP contribution in [0.5, 0.6) is 0 Å². The lowest BCUT2D eigenvalue weighted by atomic mass is 10.6. The Morgan fingerprint density at radius 2 is 2.57 bits per heavy atom. The fourth-order valence-electron chi connectivity index (χ4n) is 0.298. The summed E-state index contributed by atoms with van der Waals surface area (Å²) in [4.78, 5) is 0. The smallest absolute Gasteiger partial charge is 0.0752 e. The van der Waals surface area contributed by atoms with Crippen LogP contribution >= 0.6 is 24.6 Å². The lowest BCUT2D eigenvalue weighted by molar-refractivity contribution is 1.38. The summed E-state index contributed by atoms with van der Waals surface area (Å²) in [6.07, 6.45) is 3.85. The van der Waals surface area contributed by atoms with Crippen LogP contribution in [0.3, 0.4) is 0 Å². The minimum Gasteiger partial charge on any atom is -0.321 e. The zero-order valence-corrected chi connectivity index (χ0v) is 5.30. The van der Waals surface area contributed by atoms with Crippen LogP contribution in [0.15, 0.2) is 22.6 Å². The van der Waals surface area contributed by atoms with Crippen molar-refractivity contribution in [2.45, 2.75) is 0 Å². The van der Waals surface area contributed by atoms with Crippen LogP contribution in [0.2, 0.25) is 0 Å². The van der Waals surface area contributed by atoms with E-state index in [-0.39, 0.29) is 0 Å². The van der Waals surface area contributed by atoms with Crippen molar-refractivity contribution >= 4 is 24.6 Å². The Bertz CT molecular complexity index is 117. The van der Waals surface area contributed by atoms with Crippen LogP contribution in [0.25, 0.3) is 0 Å². The topological polar surface area (TPSA) is 12.0 Å². The second-order valence-electron chi connectivity index (χ2n) is 1.10.